The van der Waals surface area contributed by atoms with Crippen molar-refractivity contribution in [2.75, 3.05) is 6.61 Å². The van der Waals surface area contributed by atoms with Crippen LogP contribution in [0.15, 0.2) is 0 Å². The van der Waals surface area contributed by atoms with E-state index >= 15 is 0 Å². The van der Waals surface area contributed by atoms with E-state index in [9.17, 15) is 9.90 Å². The summed E-state index contributed by atoms with van der Waals surface area (Å²) in [5.74, 6) is -0.240. The summed E-state index contributed by atoms with van der Waals surface area (Å²) in [6.45, 7) is 3.97. The number of hydrogen-bond donors (Lipinski definition) is 2. The Morgan fingerprint density at radius 3 is 2.80 bits per heavy atom. The van der Waals surface area contributed by atoms with E-state index in [2.05, 4.69) is 5.32 Å². The molecule has 0 saturated heterocycles. The Hall–Kier alpha value is -0.610. The summed E-state index contributed by atoms with van der Waals surface area (Å²) in [5, 5.41) is 12.8. The van der Waals surface area contributed by atoms with Crippen LogP contribution in [0.4, 0.5) is 0 Å². The van der Waals surface area contributed by atoms with Crippen molar-refractivity contribution in [2.24, 2.45) is 0 Å². The molecule has 15 heavy (non-hydrogen) atoms. The average Bonchev–Trinajstić information content (AvgIpc) is 2.21. The van der Waals surface area contributed by atoms with Crippen molar-refractivity contribution in [3.8, 4) is 0 Å². The molecule has 0 heterocycles. The number of aliphatic hydroxyl groups is 1. The Morgan fingerprint density at radius 2 is 2.20 bits per heavy atom. The molecule has 4 heteroatoms. The second kappa shape index (κ2) is 6.08. The number of esters is 1. The van der Waals surface area contributed by atoms with E-state index in [0.717, 1.165) is 25.7 Å². The molecule has 1 fully saturated rings. The Labute approximate surface area is 91.0 Å². The fraction of sp³-hybridized carbons (Fsp3) is 0.909. The monoisotopic (exact) mass is 215 g/mol. The summed E-state index contributed by atoms with van der Waals surface area (Å²) >= 11 is 0. The first-order valence-corrected chi connectivity index (χ1v) is 5.76. The lowest BCUT2D eigenvalue weighted by Gasteiger charge is -2.30. The van der Waals surface area contributed by atoms with Gasteiger partial charge in [-0.25, -0.2) is 0 Å². The van der Waals surface area contributed by atoms with Crippen molar-refractivity contribution < 1.29 is 14.6 Å². The van der Waals surface area contributed by atoms with Crippen molar-refractivity contribution in [2.45, 2.75) is 57.7 Å². The molecule has 0 aromatic carbocycles. The molecule has 0 aromatic rings. The first-order chi connectivity index (χ1) is 7.15. The number of carbonyl (C=O) groups is 1. The average molecular weight is 215 g/mol. The normalized spacial score (nSPS) is 28.5. The van der Waals surface area contributed by atoms with Crippen molar-refractivity contribution in [1.29, 1.82) is 0 Å². The summed E-state index contributed by atoms with van der Waals surface area (Å²) in [4.78, 5) is 11.4. The van der Waals surface area contributed by atoms with Gasteiger partial charge in [0.15, 0.2) is 0 Å². The van der Waals surface area contributed by atoms with Gasteiger partial charge in [0, 0.05) is 6.04 Å². The minimum Gasteiger partial charge on any atom is -0.465 e. The summed E-state index contributed by atoms with van der Waals surface area (Å²) in [5.41, 5.74) is 0. The van der Waals surface area contributed by atoms with Crippen LogP contribution in [0.5, 0.6) is 0 Å². The van der Waals surface area contributed by atoms with Crippen molar-refractivity contribution in [3.05, 3.63) is 0 Å². The topological polar surface area (TPSA) is 58.6 Å². The molecule has 0 aromatic heterocycles. The predicted octanol–water partition coefficient (Wildman–Crippen LogP) is 0.831. The minimum atomic E-state index is -0.331. The molecule has 0 amide bonds. The Bertz CT molecular complexity index is 208. The highest BCUT2D eigenvalue weighted by Crippen LogP contribution is 2.18. The molecule has 1 saturated carbocycles. The maximum Gasteiger partial charge on any atom is 0.322 e. The SMILES string of the molecule is CCOC(=O)C(C)N[C@H]1CCCC[C@@H]1O. The zero-order chi connectivity index (χ0) is 11.3. The second-order valence-corrected chi connectivity index (χ2v) is 4.10. The Morgan fingerprint density at radius 1 is 1.53 bits per heavy atom. The fourth-order valence-electron chi connectivity index (χ4n) is 1.96. The van der Waals surface area contributed by atoms with Gasteiger partial charge in [-0.1, -0.05) is 12.8 Å². The third kappa shape index (κ3) is 3.80. The fourth-order valence-corrected chi connectivity index (χ4v) is 1.96. The molecule has 0 bridgehead atoms. The van der Waals surface area contributed by atoms with Crippen LogP contribution in [-0.2, 0) is 9.53 Å². The van der Waals surface area contributed by atoms with Gasteiger partial charge in [0.2, 0.25) is 0 Å². The van der Waals surface area contributed by atoms with Crippen molar-refractivity contribution in [3.63, 3.8) is 0 Å². The van der Waals surface area contributed by atoms with Crippen LogP contribution in [0.1, 0.15) is 39.5 Å². The third-order valence-electron chi connectivity index (χ3n) is 2.83. The lowest BCUT2D eigenvalue weighted by Crippen LogP contribution is -2.49. The molecule has 1 unspecified atom stereocenters. The molecule has 1 aliphatic rings. The van der Waals surface area contributed by atoms with E-state index in [0.29, 0.717) is 6.61 Å². The van der Waals surface area contributed by atoms with E-state index in [-0.39, 0.29) is 24.2 Å². The van der Waals surface area contributed by atoms with Crippen LogP contribution >= 0.6 is 0 Å². The lowest BCUT2D eigenvalue weighted by atomic mass is 9.92. The highest BCUT2D eigenvalue weighted by Gasteiger charge is 2.26. The molecule has 88 valence electrons. The van der Waals surface area contributed by atoms with Gasteiger partial charge < -0.3 is 9.84 Å². The van der Waals surface area contributed by atoms with Crippen LogP contribution in [-0.4, -0.2) is 35.9 Å². The third-order valence-corrected chi connectivity index (χ3v) is 2.83. The second-order valence-electron chi connectivity index (χ2n) is 4.10. The molecule has 3 atom stereocenters. The first kappa shape index (κ1) is 12.5. The van der Waals surface area contributed by atoms with Gasteiger partial charge in [0.05, 0.1) is 12.7 Å². The molecule has 2 N–H and O–H groups in total. The molecule has 0 spiro atoms. The smallest absolute Gasteiger partial charge is 0.322 e. The van der Waals surface area contributed by atoms with Gasteiger partial charge in [-0.05, 0) is 26.7 Å². The van der Waals surface area contributed by atoms with Crippen LogP contribution in [0, 0.1) is 0 Å². The first-order valence-electron chi connectivity index (χ1n) is 5.76. The van der Waals surface area contributed by atoms with Gasteiger partial charge in [-0.3, -0.25) is 10.1 Å². The van der Waals surface area contributed by atoms with Crippen LogP contribution in [0.2, 0.25) is 0 Å². The maximum atomic E-state index is 11.4. The highest BCUT2D eigenvalue weighted by molar-refractivity contribution is 5.75. The van der Waals surface area contributed by atoms with Crippen molar-refractivity contribution in [1.82, 2.24) is 5.32 Å². The summed E-state index contributed by atoms with van der Waals surface area (Å²) in [6, 6.07) is -0.291. The number of rotatable bonds is 4. The van der Waals surface area contributed by atoms with Gasteiger partial charge in [-0.15, -0.1) is 0 Å². The number of nitrogens with one attached hydrogen (secondary N) is 1. The van der Waals surface area contributed by atoms with Crippen molar-refractivity contribution >= 4 is 5.97 Å². The van der Waals surface area contributed by atoms with E-state index in [1.54, 1.807) is 13.8 Å². The molecule has 0 radical (unpaired) electrons. The largest absolute Gasteiger partial charge is 0.465 e. The van der Waals surface area contributed by atoms with Gasteiger partial charge >= 0.3 is 5.97 Å². The number of aliphatic hydroxyl groups excluding tert-OH is 1. The van der Waals surface area contributed by atoms with Gasteiger partial charge in [0.25, 0.3) is 0 Å². The summed E-state index contributed by atoms with van der Waals surface area (Å²) in [7, 11) is 0. The molecule has 1 rings (SSSR count). The highest BCUT2D eigenvalue weighted by atomic mass is 16.5. The Kier molecular flexibility index (Phi) is 5.05. The van der Waals surface area contributed by atoms with E-state index in [1.807, 2.05) is 0 Å². The van der Waals surface area contributed by atoms with Crippen LogP contribution in [0.25, 0.3) is 0 Å². The van der Waals surface area contributed by atoms with Crippen LogP contribution < -0.4 is 5.32 Å². The molecule has 4 nitrogen and oxygen atoms in total. The van der Waals surface area contributed by atoms with E-state index in [4.69, 9.17) is 4.74 Å². The van der Waals surface area contributed by atoms with Gasteiger partial charge in [-0.2, -0.15) is 0 Å². The quantitative estimate of drug-likeness (QED) is 0.682. The van der Waals surface area contributed by atoms with Gasteiger partial charge in [0.1, 0.15) is 6.04 Å². The van der Waals surface area contributed by atoms with Crippen LogP contribution in [0.3, 0.4) is 0 Å². The minimum absolute atomic E-state index is 0.0400. The zero-order valence-corrected chi connectivity index (χ0v) is 9.53. The summed E-state index contributed by atoms with van der Waals surface area (Å²) in [6.07, 6.45) is 3.63. The number of hydrogen-bond acceptors (Lipinski definition) is 4. The predicted molar refractivity (Wildman–Crippen MR) is 57.5 cm³/mol. The zero-order valence-electron chi connectivity index (χ0n) is 9.53. The number of carbonyl (C=O) groups excluding carboxylic acids is 1. The standard InChI is InChI=1S/C11H21NO3/c1-3-15-11(14)8(2)12-9-6-4-5-7-10(9)13/h8-10,12-13H,3-7H2,1-2H3/t8?,9-,10-/m0/s1. The van der Waals surface area contributed by atoms with E-state index in [1.165, 1.54) is 0 Å². The lowest BCUT2D eigenvalue weighted by molar-refractivity contribution is -0.145. The summed E-state index contributed by atoms with van der Waals surface area (Å²) < 4.78 is 4.90. The molecular formula is C11H21NO3. The molecular weight excluding hydrogens is 194 g/mol. The molecule has 0 aliphatic heterocycles. The van der Waals surface area contributed by atoms with E-state index < -0.39 is 0 Å². The maximum absolute atomic E-state index is 11.4. The Balaban J connectivity index is 2.35. The number of ether oxygens (including phenoxy) is 1. The molecule has 1 aliphatic carbocycles.